The molecule has 4 nitrogen and oxygen atoms in total. The summed E-state index contributed by atoms with van der Waals surface area (Å²) >= 11 is 0. The van der Waals surface area contributed by atoms with Crippen LogP contribution in [0, 0.1) is 59.2 Å². The zero-order valence-electron chi connectivity index (χ0n) is 15.3. The Kier molecular flexibility index (Phi) is 4.69. The SMILES string of the molecule is CC(C)C1CC2C(C1)C2C(=O)O.CC(C)C1CCC2C(C(=O)O)C12. The van der Waals surface area contributed by atoms with E-state index in [0.29, 0.717) is 35.5 Å². The minimum Gasteiger partial charge on any atom is -0.481 e. The van der Waals surface area contributed by atoms with Crippen molar-refractivity contribution in [2.45, 2.75) is 53.4 Å². The van der Waals surface area contributed by atoms with Gasteiger partial charge in [-0.2, -0.15) is 0 Å². The van der Waals surface area contributed by atoms with Gasteiger partial charge in [-0.25, -0.2) is 0 Å². The molecule has 4 aliphatic carbocycles. The highest BCUT2D eigenvalue weighted by atomic mass is 16.4. The second-order valence-electron chi connectivity index (χ2n) is 9.26. The molecule has 0 aromatic heterocycles. The molecule has 6 unspecified atom stereocenters. The van der Waals surface area contributed by atoms with E-state index in [0.717, 1.165) is 18.3 Å². The Morgan fingerprint density at radius 3 is 1.71 bits per heavy atom. The maximum Gasteiger partial charge on any atom is 0.307 e. The standard InChI is InChI=1S/2C10H16O2/c1-5(2)6-3-7-8(4-6)9(7)10(11)12;1-5(2)6-3-4-7-8(6)9(7)10(11)12/h2*5-9H,3-4H2,1-2H3,(H,11,12). The third-order valence-electron chi connectivity index (χ3n) is 7.41. The highest BCUT2D eigenvalue weighted by Crippen LogP contribution is 2.62. The van der Waals surface area contributed by atoms with Crippen LogP contribution in [0.25, 0.3) is 0 Å². The van der Waals surface area contributed by atoms with Crippen molar-refractivity contribution in [3.05, 3.63) is 0 Å². The Hall–Kier alpha value is -1.06. The molecule has 4 aliphatic rings. The van der Waals surface area contributed by atoms with Crippen LogP contribution in [0.2, 0.25) is 0 Å². The summed E-state index contributed by atoms with van der Waals surface area (Å²) in [5, 5.41) is 17.6. The molecule has 6 atom stereocenters. The lowest BCUT2D eigenvalue weighted by Crippen LogP contribution is -2.13. The summed E-state index contributed by atoms with van der Waals surface area (Å²) in [6, 6.07) is 0. The highest BCUT2D eigenvalue weighted by Gasteiger charge is 2.62. The monoisotopic (exact) mass is 336 g/mol. The van der Waals surface area contributed by atoms with Gasteiger partial charge in [0.25, 0.3) is 0 Å². The van der Waals surface area contributed by atoms with Crippen molar-refractivity contribution in [2.24, 2.45) is 59.2 Å². The van der Waals surface area contributed by atoms with Crippen molar-refractivity contribution < 1.29 is 19.8 Å². The zero-order chi connectivity index (χ0) is 17.8. The van der Waals surface area contributed by atoms with Gasteiger partial charge in [0.05, 0.1) is 11.8 Å². The molecule has 136 valence electrons. The van der Waals surface area contributed by atoms with E-state index in [1.54, 1.807) is 0 Å². The Morgan fingerprint density at radius 1 is 0.792 bits per heavy atom. The van der Waals surface area contributed by atoms with Crippen molar-refractivity contribution >= 4 is 11.9 Å². The maximum absolute atomic E-state index is 10.7. The number of carboxylic acids is 2. The molecule has 0 saturated heterocycles. The van der Waals surface area contributed by atoms with E-state index >= 15 is 0 Å². The molecule has 0 radical (unpaired) electrons. The summed E-state index contributed by atoms with van der Waals surface area (Å²) in [6.45, 7) is 8.91. The van der Waals surface area contributed by atoms with E-state index in [1.807, 2.05) is 0 Å². The fourth-order valence-corrected chi connectivity index (χ4v) is 5.85. The fraction of sp³-hybridized carbons (Fsp3) is 0.900. The molecule has 4 fully saturated rings. The fourth-order valence-electron chi connectivity index (χ4n) is 5.85. The lowest BCUT2D eigenvalue weighted by Gasteiger charge is -2.16. The van der Waals surface area contributed by atoms with Crippen LogP contribution in [-0.2, 0) is 9.59 Å². The molecule has 0 aromatic rings. The van der Waals surface area contributed by atoms with Crippen LogP contribution in [0.4, 0.5) is 0 Å². The summed E-state index contributed by atoms with van der Waals surface area (Å²) in [5.41, 5.74) is 0. The third kappa shape index (κ3) is 3.09. The lowest BCUT2D eigenvalue weighted by atomic mass is 9.89. The highest BCUT2D eigenvalue weighted by molar-refractivity contribution is 5.75. The smallest absolute Gasteiger partial charge is 0.307 e. The van der Waals surface area contributed by atoms with E-state index in [1.165, 1.54) is 19.3 Å². The Balaban J connectivity index is 0.000000141. The van der Waals surface area contributed by atoms with Gasteiger partial charge in [-0.05, 0) is 73.0 Å². The molecule has 4 heteroatoms. The molecule has 4 rings (SSSR count). The first-order valence-electron chi connectivity index (χ1n) is 9.69. The Bertz CT molecular complexity index is 500. The minimum atomic E-state index is -0.563. The Labute approximate surface area is 145 Å². The predicted octanol–water partition coefficient (Wildman–Crippen LogP) is 4.00. The molecule has 0 amide bonds. The molecule has 2 N–H and O–H groups in total. The van der Waals surface area contributed by atoms with E-state index in [9.17, 15) is 9.59 Å². The average molecular weight is 336 g/mol. The van der Waals surface area contributed by atoms with Gasteiger partial charge in [0.1, 0.15) is 0 Å². The molecular formula is C20H32O4. The molecule has 0 aliphatic heterocycles. The lowest BCUT2D eigenvalue weighted by molar-refractivity contribution is -0.140. The van der Waals surface area contributed by atoms with Gasteiger partial charge in [0, 0.05) is 0 Å². The second-order valence-corrected chi connectivity index (χ2v) is 9.26. The predicted molar refractivity (Wildman–Crippen MR) is 91.3 cm³/mol. The average Bonchev–Trinajstić information content (AvgIpc) is 3.25. The van der Waals surface area contributed by atoms with E-state index in [4.69, 9.17) is 10.2 Å². The van der Waals surface area contributed by atoms with Crippen molar-refractivity contribution in [3.63, 3.8) is 0 Å². The van der Waals surface area contributed by atoms with E-state index < -0.39 is 11.9 Å². The van der Waals surface area contributed by atoms with Crippen LogP contribution in [0.15, 0.2) is 0 Å². The normalized spacial score (nSPS) is 44.6. The van der Waals surface area contributed by atoms with Gasteiger partial charge in [0.15, 0.2) is 0 Å². The number of carboxylic acid groups (broad SMARTS) is 2. The van der Waals surface area contributed by atoms with Gasteiger partial charge in [-0.3, -0.25) is 9.59 Å². The molecule has 4 saturated carbocycles. The van der Waals surface area contributed by atoms with E-state index in [2.05, 4.69) is 27.7 Å². The van der Waals surface area contributed by atoms with Gasteiger partial charge < -0.3 is 10.2 Å². The maximum atomic E-state index is 10.7. The number of hydrogen-bond donors (Lipinski definition) is 2. The number of hydrogen-bond acceptors (Lipinski definition) is 2. The molecule has 24 heavy (non-hydrogen) atoms. The molecule has 0 heterocycles. The van der Waals surface area contributed by atoms with Crippen LogP contribution in [0.3, 0.4) is 0 Å². The zero-order valence-corrected chi connectivity index (χ0v) is 15.3. The first kappa shape index (κ1) is 17.8. The molecule has 0 aromatic carbocycles. The van der Waals surface area contributed by atoms with Crippen molar-refractivity contribution in [1.29, 1.82) is 0 Å². The number of aliphatic carboxylic acids is 2. The molecule has 0 bridgehead atoms. The summed E-state index contributed by atoms with van der Waals surface area (Å²) in [6.07, 6.45) is 4.75. The molecular weight excluding hydrogens is 304 g/mol. The summed E-state index contributed by atoms with van der Waals surface area (Å²) in [7, 11) is 0. The topological polar surface area (TPSA) is 74.6 Å². The second kappa shape index (κ2) is 6.34. The van der Waals surface area contributed by atoms with Crippen LogP contribution in [-0.4, -0.2) is 22.2 Å². The van der Waals surface area contributed by atoms with Crippen molar-refractivity contribution in [3.8, 4) is 0 Å². The first-order valence-corrected chi connectivity index (χ1v) is 9.69. The Morgan fingerprint density at radius 2 is 1.33 bits per heavy atom. The van der Waals surface area contributed by atoms with Crippen molar-refractivity contribution in [1.82, 2.24) is 0 Å². The van der Waals surface area contributed by atoms with Gasteiger partial charge >= 0.3 is 11.9 Å². The largest absolute Gasteiger partial charge is 0.481 e. The van der Waals surface area contributed by atoms with Gasteiger partial charge in [-0.1, -0.05) is 27.7 Å². The summed E-state index contributed by atoms with van der Waals surface area (Å²) < 4.78 is 0. The van der Waals surface area contributed by atoms with Gasteiger partial charge in [0.2, 0.25) is 0 Å². The first-order chi connectivity index (χ1) is 11.2. The van der Waals surface area contributed by atoms with Crippen LogP contribution >= 0.6 is 0 Å². The van der Waals surface area contributed by atoms with Crippen molar-refractivity contribution in [2.75, 3.05) is 0 Å². The number of rotatable bonds is 4. The quantitative estimate of drug-likeness (QED) is 0.814. The summed E-state index contributed by atoms with van der Waals surface area (Å²) in [4.78, 5) is 21.4. The minimum absolute atomic E-state index is 0.0196. The number of carbonyl (C=O) groups is 2. The summed E-state index contributed by atoms with van der Waals surface area (Å²) in [5.74, 6) is 3.97. The van der Waals surface area contributed by atoms with E-state index in [-0.39, 0.29) is 11.8 Å². The van der Waals surface area contributed by atoms with Crippen LogP contribution in [0.1, 0.15) is 53.4 Å². The van der Waals surface area contributed by atoms with Gasteiger partial charge in [-0.15, -0.1) is 0 Å². The van der Waals surface area contributed by atoms with Crippen LogP contribution < -0.4 is 0 Å². The third-order valence-corrected chi connectivity index (χ3v) is 7.41. The molecule has 0 spiro atoms. The van der Waals surface area contributed by atoms with Crippen LogP contribution in [0.5, 0.6) is 0 Å². The number of fused-ring (bicyclic) bond motifs is 2.